The molecule has 0 bridgehead atoms. The first-order valence-electron chi connectivity index (χ1n) is 9.80. The number of methoxy groups -OCH3 is 4. The fourth-order valence-electron chi connectivity index (χ4n) is 4.54. The van der Waals surface area contributed by atoms with E-state index in [1.54, 1.807) is 28.4 Å². The summed E-state index contributed by atoms with van der Waals surface area (Å²) in [6.45, 7) is 0.379. The SMILES string of the molecule is COc1cc2c(c(OC)c1OC)-c1c(cc3c(c1OC)OCO3)CC1=C(C2)C(=O)OC1. The van der Waals surface area contributed by atoms with Crippen LogP contribution >= 0.6 is 0 Å². The molecule has 0 N–H and O–H groups in total. The molecule has 2 heterocycles. The monoisotopic (exact) mass is 426 g/mol. The molecule has 1 aliphatic carbocycles. The minimum Gasteiger partial charge on any atom is -0.493 e. The van der Waals surface area contributed by atoms with Crippen LogP contribution in [0.4, 0.5) is 0 Å². The lowest BCUT2D eigenvalue weighted by Gasteiger charge is -2.25. The van der Waals surface area contributed by atoms with Crippen LogP contribution in [0.3, 0.4) is 0 Å². The summed E-state index contributed by atoms with van der Waals surface area (Å²) in [6, 6.07) is 3.80. The van der Waals surface area contributed by atoms with Crippen molar-refractivity contribution in [2.45, 2.75) is 12.8 Å². The van der Waals surface area contributed by atoms with E-state index in [4.69, 9.17) is 33.2 Å². The zero-order chi connectivity index (χ0) is 21.7. The Bertz CT molecular complexity index is 1130. The van der Waals surface area contributed by atoms with Crippen LogP contribution in [0.1, 0.15) is 11.1 Å². The molecule has 5 rings (SSSR count). The molecule has 0 saturated carbocycles. The molecule has 8 heteroatoms. The average molecular weight is 426 g/mol. The topological polar surface area (TPSA) is 81.7 Å². The lowest BCUT2D eigenvalue weighted by molar-refractivity contribution is -0.136. The van der Waals surface area contributed by atoms with E-state index in [0.717, 1.165) is 27.8 Å². The number of esters is 1. The van der Waals surface area contributed by atoms with Crippen LogP contribution in [0.5, 0.6) is 34.5 Å². The van der Waals surface area contributed by atoms with Gasteiger partial charge in [-0.15, -0.1) is 0 Å². The van der Waals surface area contributed by atoms with Gasteiger partial charge in [0.15, 0.2) is 23.0 Å². The Kier molecular flexibility index (Phi) is 4.57. The Morgan fingerprint density at radius 3 is 2.19 bits per heavy atom. The predicted molar refractivity (Wildman–Crippen MR) is 110 cm³/mol. The van der Waals surface area contributed by atoms with Gasteiger partial charge in [-0.3, -0.25) is 0 Å². The van der Waals surface area contributed by atoms with E-state index in [0.29, 0.717) is 52.9 Å². The number of carbonyl (C=O) groups is 1. The van der Waals surface area contributed by atoms with Crippen molar-refractivity contribution in [3.63, 3.8) is 0 Å². The number of ether oxygens (including phenoxy) is 7. The molecule has 2 aliphatic heterocycles. The maximum atomic E-state index is 12.5. The van der Waals surface area contributed by atoms with Gasteiger partial charge in [0.2, 0.25) is 18.3 Å². The van der Waals surface area contributed by atoms with Gasteiger partial charge < -0.3 is 33.2 Å². The van der Waals surface area contributed by atoms with Gasteiger partial charge in [-0.25, -0.2) is 4.79 Å². The first-order chi connectivity index (χ1) is 15.1. The summed E-state index contributed by atoms with van der Waals surface area (Å²) >= 11 is 0. The maximum absolute atomic E-state index is 12.5. The number of cyclic esters (lactones) is 1. The van der Waals surface area contributed by atoms with Crippen molar-refractivity contribution in [2.24, 2.45) is 0 Å². The lowest BCUT2D eigenvalue weighted by atomic mass is 9.83. The molecule has 3 aliphatic rings. The molecule has 0 radical (unpaired) electrons. The van der Waals surface area contributed by atoms with Crippen LogP contribution in [0, 0.1) is 0 Å². The van der Waals surface area contributed by atoms with Gasteiger partial charge in [0.1, 0.15) is 6.61 Å². The Morgan fingerprint density at radius 2 is 1.48 bits per heavy atom. The summed E-state index contributed by atoms with van der Waals surface area (Å²) in [4.78, 5) is 12.5. The van der Waals surface area contributed by atoms with Crippen LogP contribution in [-0.4, -0.2) is 47.8 Å². The second-order valence-corrected chi connectivity index (χ2v) is 7.37. The van der Waals surface area contributed by atoms with Crippen LogP contribution in [0.15, 0.2) is 23.3 Å². The van der Waals surface area contributed by atoms with Crippen molar-refractivity contribution in [1.29, 1.82) is 0 Å². The van der Waals surface area contributed by atoms with Crippen molar-refractivity contribution in [3.8, 4) is 45.6 Å². The molecule has 0 aromatic heterocycles. The van der Waals surface area contributed by atoms with Gasteiger partial charge in [0.25, 0.3) is 0 Å². The number of fused-ring (bicyclic) bond motifs is 4. The minimum atomic E-state index is -0.300. The Hall–Kier alpha value is -3.55. The summed E-state index contributed by atoms with van der Waals surface area (Å²) in [7, 11) is 6.29. The second-order valence-electron chi connectivity index (χ2n) is 7.37. The highest BCUT2D eigenvalue weighted by Crippen LogP contribution is 2.56. The van der Waals surface area contributed by atoms with Crippen molar-refractivity contribution in [1.82, 2.24) is 0 Å². The number of carbonyl (C=O) groups excluding carboxylic acids is 1. The number of rotatable bonds is 4. The molecular formula is C23H22O8. The minimum absolute atomic E-state index is 0.111. The van der Waals surface area contributed by atoms with E-state index in [2.05, 4.69) is 0 Å². The summed E-state index contributed by atoms with van der Waals surface area (Å²) in [5, 5.41) is 0. The van der Waals surface area contributed by atoms with Crippen LogP contribution < -0.4 is 28.4 Å². The molecule has 0 amide bonds. The molecule has 31 heavy (non-hydrogen) atoms. The Balaban J connectivity index is 1.91. The molecule has 0 atom stereocenters. The van der Waals surface area contributed by atoms with E-state index in [1.165, 1.54) is 0 Å². The van der Waals surface area contributed by atoms with E-state index >= 15 is 0 Å². The van der Waals surface area contributed by atoms with E-state index < -0.39 is 0 Å². The van der Waals surface area contributed by atoms with Gasteiger partial charge in [-0.1, -0.05) is 0 Å². The van der Waals surface area contributed by atoms with Crippen LogP contribution in [0.25, 0.3) is 11.1 Å². The normalized spacial score (nSPS) is 15.9. The summed E-state index contributed by atoms with van der Waals surface area (Å²) in [5.74, 6) is 2.84. The third-order valence-electron chi connectivity index (χ3n) is 5.89. The standard InChI is InChI=1S/C23H22O8/c1-25-15-7-12-6-14-13(9-29-23(14)24)5-11-8-16-20(31-10-30-16)22(28-4)17(11)18(12)21(27-3)19(15)26-2/h7-8H,5-6,9-10H2,1-4H3. The summed E-state index contributed by atoms with van der Waals surface area (Å²) in [6.07, 6.45) is 0.887. The third kappa shape index (κ3) is 2.78. The van der Waals surface area contributed by atoms with Crippen molar-refractivity contribution in [3.05, 3.63) is 34.4 Å². The molecule has 0 unspecified atom stereocenters. The van der Waals surface area contributed by atoms with E-state index in [-0.39, 0.29) is 19.4 Å². The molecule has 2 aromatic carbocycles. The lowest BCUT2D eigenvalue weighted by Crippen LogP contribution is -2.10. The zero-order valence-corrected chi connectivity index (χ0v) is 17.7. The molecule has 0 saturated heterocycles. The first-order valence-corrected chi connectivity index (χ1v) is 9.80. The van der Waals surface area contributed by atoms with Gasteiger partial charge >= 0.3 is 5.97 Å². The Morgan fingerprint density at radius 1 is 0.774 bits per heavy atom. The zero-order valence-electron chi connectivity index (χ0n) is 17.7. The highest BCUT2D eigenvalue weighted by Gasteiger charge is 2.36. The predicted octanol–water partition coefficient (Wildman–Crippen LogP) is 3.07. The van der Waals surface area contributed by atoms with Gasteiger partial charge in [0.05, 0.1) is 28.4 Å². The van der Waals surface area contributed by atoms with Crippen LogP contribution in [-0.2, 0) is 22.4 Å². The molecule has 162 valence electrons. The van der Waals surface area contributed by atoms with Crippen molar-refractivity contribution < 1.29 is 38.0 Å². The van der Waals surface area contributed by atoms with Crippen molar-refractivity contribution >= 4 is 5.97 Å². The molecule has 2 aromatic rings. The van der Waals surface area contributed by atoms with Crippen molar-refractivity contribution in [2.75, 3.05) is 41.8 Å². The fraction of sp³-hybridized carbons (Fsp3) is 0.348. The van der Waals surface area contributed by atoms with E-state index in [1.807, 2.05) is 12.1 Å². The van der Waals surface area contributed by atoms with Gasteiger partial charge in [-0.05, 0) is 35.3 Å². The smallest absolute Gasteiger partial charge is 0.334 e. The number of hydrogen-bond donors (Lipinski definition) is 0. The largest absolute Gasteiger partial charge is 0.493 e. The molecule has 8 nitrogen and oxygen atoms in total. The highest BCUT2D eigenvalue weighted by atomic mass is 16.7. The summed E-state index contributed by atoms with van der Waals surface area (Å²) < 4.78 is 39.6. The number of hydrogen-bond acceptors (Lipinski definition) is 8. The Labute approximate surface area is 179 Å². The molecule has 0 spiro atoms. The van der Waals surface area contributed by atoms with E-state index in [9.17, 15) is 4.79 Å². The molecule has 0 fully saturated rings. The van der Waals surface area contributed by atoms with Gasteiger partial charge in [0, 0.05) is 23.1 Å². The molecular weight excluding hydrogens is 404 g/mol. The fourth-order valence-corrected chi connectivity index (χ4v) is 4.54. The maximum Gasteiger partial charge on any atom is 0.334 e. The quantitative estimate of drug-likeness (QED) is 0.690. The van der Waals surface area contributed by atoms with Gasteiger partial charge in [-0.2, -0.15) is 0 Å². The third-order valence-corrected chi connectivity index (χ3v) is 5.89. The first kappa shape index (κ1) is 19.4. The average Bonchev–Trinajstić information content (AvgIpc) is 3.37. The number of benzene rings is 2. The van der Waals surface area contributed by atoms with Crippen LogP contribution in [0.2, 0.25) is 0 Å². The second kappa shape index (κ2) is 7.30. The highest BCUT2D eigenvalue weighted by molar-refractivity contribution is 5.95. The summed E-state index contributed by atoms with van der Waals surface area (Å²) in [5.41, 5.74) is 4.91.